The van der Waals surface area contributed by atoms with Crippen molar-refractivity contribution in [2.75, 3.05) is 23.9 Å². The van der Waals surface area contributed by atoms with E-state index in [0.717, 1.165) is 17.2 Å². The predicted octanol–water partition coefficient (Wildman–Crippen LogP) is 3.46. The number of rotatable bonds is 5. The van der Waals surface area contributed by atoms with Gasteiger partial charge in [-0.3, -0.25) is 0 Å². The van der Waals surface area contributed by atoms with Crippen LogP contribution in [-0.2, 0) is 0 Å². The third-order valence-electron chi connectivity index (χ3n) is 2.10. The van der Waals surface area contributed by atoms with Crippen LogP contribution in [0.1, 0.15) is 6.42 Å². The Morgan fingerprint density at radius 3 is 3.07 bits per heavy atom. The molecule has 0 aliphatic heterocycles. The van der Waals surface area contributed by atoms with Crippen LogP contribution in [0.3, 0.4) is 0 Å². The smallest absolute Gasteiger partial charge is 0.183 e. The summed E-state index contributed by atoms with van der Waals surface area (Å²) in [4.78, 5) is 4.51. The summed E-state index contributed by atoms with van der Waals surface area (Å²) in [5.41, 5.74) is 1.09. The first-order valence-electron chi connectivity index (χ1n) is 4.98. The number of nitrogens with zero attached hydrogens (tertiary/aromatic N) is 1. The van der Waals surface area contributed by atoms with E-state index in [2.05, 4.69) is 34.8 Å². The van der Waals surface area contributed by atoms with Crippen molar-refractivity contribution < 1.29 is 0 Å². The Balaban J connectivity index is 1.97. The summed E-state index contributed by atoms with van der Waals surface area (Å²) in [6.45, 7) is 1.01. The summed E-state index contributed by atoms with van der Waals surface area (Å²) < 4.78 is 1.25. The molecule has 0 unspecified atom stereocenters. The molecule has 4 heteroatoms. The van der Waals surface area contributed by atoms with Crippen LogP contribution in [0.25, 0.3) is 10.2 Å². The summed E-state index contributed by atoms with van der Waals surface area (Å²) >= 11 is 3.61. The van der Waals surface area contributed by atoms with Crippen molar-refractivity contribution in [3.05, 3.63) is 24.3 Å². The second-order valence-electron chi connectivity index (χ2n) is 3.26. The van der Waals surface area contributed by atoms with Crippen molar-refractivity contribution >= 4 is 38.4 Å². The normalized spacial score (nSPS) is 10.7. The first kappa shape index (κ1) is 10.8. The Morgan fingerprint density at radius 2 is 2.27 bits per heavy atom. The summed E-state index contributed by atoms with van der Waals surface area (Å²) in [6.07, 6.45) is 3.33. The second kappa shape index (κ2) is 5.37. The van der Waals surface area contributed by atoms with Crippen LogP contribution in [0, 0.1) is 0 Å². The van der Waals surface area contributed by atoms with E-state index in [0.29, 0.717) is 0 Å². The van der Waals surface area contributed by atoms with Crippen LogP contribution in [0.15, 0.2) is 24.3 Å². The molecule has 0 saturated heterocycles. The summed E-state index contributed by atoms with van der Waals surface area (Å²) in [7, 11) is 0. The lowest BCUT2D eigenvalue weighted by Crippen LogP contribution is -2.01. The fourth-order valence-electron chi connectivity index (χ4n) is 1.36. The predicted molar refractivity (Wildman–Crippen MR) is 71.1 cm³/mol. The van der Waals surface area contributed by atoms with E-state index in [9.17, 15) is 0 Å². The lowest BCUT2D eigenvalue weighted by molar-refractivity contribution is 0.991. The monoisotopic (exact) mass is 238 g/mol. The lowest BCUT2D eigenvalue weighted by Gasteiger charge is -1.99. The number of thiazole rings is 1. The van der Waals surface area contributed by atoms with E-state index in [-0.39, 0.29) is 0 Å². The second-order valence-corrected chi connectivity index (χ2v) is 5.28. The van der Waals surface area contributed by atoms with Gasteiger partial charge < -0.3 is 5.32 Å². The zero-order chi connectivity index (χ0) is 10.5. The van der Waals surface area contributed by atoms with Crippen molar-refractivity contribution in [2.24, 2.45) is 0 Å². The zero-order valence-corrected chi connectivity index (χ0v) is 10.3. The largest absolute Gasteiger partial charge is 0.361 e. The van der Waals surface area contributed by atoms with Gasteiger partial charge in [0.25, 0.3) is 0 Å². The van der Waals surface area contributed by atoms with Gasteiger partial charge in [0, 0.05) is 6.54 Å². The molecule has 0 saturated carbocycles. The Bertz CT molecular complexity index is 392. The molecule has 1 aromatic carbocycles. The summed E-state index contributed by atoms with van der Waals surface area (Å²) in [5, 5.41) is 4.40. The molecule has 0 amide bonds. The van der Waals surface area contributed by atoms with Gasteiger partial charge in [-0.1, -0.05) is 23.5 Å². The minimum Gasteiger partial charge on any atom is -0.361 e. The molecule has 0 fully saturated rings. The SMILES string of the molecule is CSCCCNc1nc2ccccc2s1. The zero-order valence-electron chi connectivity index (χ0n) is 8.69. The average molecular weight is 238 g/mol. The highest BCUT2D eigenvalue weighted by Gasteiger charge is 2.00. The number of anilines is 1. The van der Waals surface area contributed by atoms with E-state index in [1.54, 1.807) is 11.3 Å². The number of para-hydroxylation sites is 1. The van der Waals surface area contributed by atoms with Crippen LogP contribution in [-0.4, -0.2) is 23.5 Å². The fourth-order valence-corrected chi connectivity index (χ4v) is 2.68. The number of hydrogen-bond acceptors (Lipinski definition) is 4. The van der Waals surface area contributed by atoms with Gasteiger partial charge in [0.15, 0.2) is 5.13 Å². The van der Waals surface area contributed by atoms with E-state index < -0.39 is 0 Å². The van der Waals surface area contributed by atoms with Gasteiger partial charge in [0.2, 0.25) is 0 Å². The third kappa shape index (κ3) is 2.86. The molecule has 0 spiro atoms. The molecule has 0 radical (unpaired) electrons. The third-order valence-corrected chi connectivity index (χ3v) is 3.79. The first-order chi connectivity index (χ1) is 7.40. The average Bonchev–Trinajstić information content (AvgIpc) is 2.67. The molecule has 80 valence electrons. The Hall–Kier alpha value is -0.740. The van der Waals surface area contributed by atoms with E-state index in [4.69, 9.17) is 0 Å². The molecule has 1 N–H and O–H groups in total. The quantitative estimate of drug-likeness (QED) is 0.807. The molecule has 0 aliphatic carbocycles. The Morgan fingerprint density at radius 1 is 1.40 bits per heavy atom. The number of aromatic nitrogens is 1. The molecule has 15 heavy (non-hydrogen) atoms. The maximum Gasteiger partial charge on any atom is 0.183 e. The minimum absolute atomic E-state index is 1.01. The van der Waals surface area contributed by atoms with Gasteiger partial charge in [-0.25, -0.2) is 4.98 Å². The molecular formula is C11H14N2S2. The highest BCUT2D eigenvalue weighted by atomic mass is 32.2. The van der Waals surface area contributed by atoms with Crippen molar-refractivity contribution in [3.8, 4) is 0 Å². The lowest BCUT2D eigenvalue weighted by atomic mass is 10.3. The topological polar surface area (TPSA) is 24.9 Å². The van der Waals surface area contributed by atoms with Gasteiger partial charge in [-0.15, -0.1) is 0 Å². The van der Waals surface area contributed by atoms with Crippen LogP contribution in [0.2, 0.25) is 0 Å². The van der Waals surface area contributed by atoms with Gasteiger partial charge in [-0.05, 0) is 30.6 Å². The van der Waals surface area contributed by atoms with E-state index >= 15 is 0 Å². The molecule has 0 atom stereocenters. The van der Waals surface area contributed by atoms with E-state index in [1.807, 2.05) is 17.8 Å². The van der Waals surface area contributed by atoms with Gasteiger partial charge in [0.05, 0.1) is 10.2 Å². The van der Waals surface area contributed by atoms with Gasteiger partial charge in [0.1, 0.15) is 0 Å². The number of fused-ring (bicyclic) bond motifs is 1. The maximum absolute atomic E-state index is 4.51. The highest BCUT2D eigenvalue weighted by molar-refractivity contribution is 7.98. The highest BCUT2D eigenvalue weighted by Crippen LogP contribution is 2.25. The molecule has 1 aromatic heterocycles. The number of benzene rings is 1. The molecule has 1 heterocycles. The maximum atomic E-state index is 4.51. The Kier molecular flexibility index (Phi) is 3.86. The number of hydrogen-bond donors (Lipinski definition) is 1. The molecule has 2 rings (SSSR count). The van der Waals surface area contributed by atoms with Crippen LogP contribution in [0.4, 0.5) is 5.13 Å². The van der Waals surface area contributed by atoms with Gasteiger partial charge >= 0.3 is 0 Å². The summed E-state index contributed by atoms with van der Waals surface area (Å²) in [5.74, 6) is 1.21. The first-order valence-corrected chi connectivity index (χ1v) is 7.19. The number of thioether (sulfide) groups is 1. The molecule has 2 nitrogen and oxygen atoms in total. The van der Waals surface area contributed by atoms with Crippen molar-refractivity contribution in [1.29, 1.82) is 0 Å². The van der Waals surface area contributed by atoms with Gasteiger partial charge in [-0.2, -0.15) is 11.8 Å². The minimum atomic E-state index is 1.01. The van der Waals surface area contributed by atoms with Crippen LogP contribution in [0.5, 0.6) is 0 Å². The molecular weight excluding hydrogens is 224 g/mol. The van der Waals surface area contributed by atoms with Crippen LogP contribution < -0.4 is 5.32 Å². The van der Waals surface area contributed by atoms with Crippen molar-refractivity contribution in [2.45, 2.75) is 6.42 Å². The molecule has 2 aromatic rings. The molecule has 0 aliphatic rings. The standard InChI is InChI=1S/C11H14N2S2/c1-14-8-4-7-12-11-13-9-5-2-3-6-10(9)15-11/h2-3,5-6H,4,7-8H2,1H3,(H,12,13). The summed E-state index contributed by atoms with van der Waals surface area (Å²) in [6, 6.07) is 8.25. The fraction of sp³-hybridized carbons (Fsp3) is 0.364. The Labute approximate surface area is 98.1 Å². The van der Waals surface area contributed by atoms with Crippen LogP contribution >= 0.6 is 23.1 Å². The van der Waals surface area contributed by atoms with Crippen molar-refractivity contribution in [1.82, 2.24) is 4.98 Å². The van der Waals surface area contributed by atoms with Crippen molar-refractivity contribution in [3.63, 3.8) is 0 Å². The van der Waals surface area contributed by atoms with E-state index in [1.165, 1.54) is 16.9 Å². The number of nitrogens with one attached hydrogen (secondary N) is 1. The molecule has 0 bridgehead atoms.